The number of carbonyl (C=O) groups excluding carboxylic acids is 1. The largest absolute Gasteiger partial charge is 0.300 e. The maximum absolute atomic E-state index is 12.1. The molecule has 1 amide bonds. The van der Waals surface area contributed by atoms with E-state index in [4.69, 9.17) is 0 Å². The Labute approximate surface area is 159 Å². The molecule has 1 fully saturated rings. The SMILES string of the molecule is CC(C)c1ccc(/C=C2/SC(=Nc3cccc(I)c3)NC2=O)cc1. The number of nitrogens with zero attached hydrogens (tertiary/aromatic N) is 1. The van der Waals surface area contributed by atoms with Gasteiger partial charge >= 0.3 is 0 Å². The van der Waals surface area contributed by atoms with E-state index in [2.05, 4.69) is 58.9 Å². The van der Waals surface area contributed by atoms with Crippen LogP contribution in [0.2, 0.25) is 0 Å². The van der Waals surface area contributed by atoms with E-state index in [0.717, 1.165) is 14.8 Å². The minimum atomic E-state index is -0.0997. The quantitative estimate of drug-likeness (QED) is 0.511. The van der Waals surface area contributed by atoms with Crippen molar-refractivity contribution in [2.75, 3.05) is 0 Å². The van der Waals surface area contributed by atoms with E-state index in [0.29, 0.717) is 16.0 Å². The molecule has 3 nitrogen and oxygen atoms in total. The summed E-state index contributed by atoms with van der Waals surface area (Å²) in [4.78, 5) is 17.3. The number of hydrogen-bond acceptors (Lipinski definition) is 3. The number of rotatable bonds is 3. The summed E-state index contributed by atoms with van der Waals surface area (Å²) in [6.45, 7) is 4.34. The zero-order valence-electron chi connectivity index (χ0n) is 13.4. The predicted molar refractivity (Wildman–Crippen MR) is 110 cm³/mol. The fourth-order valence-electron chi connectivity index (χ4n) is 2.27. The Morgan fingerprint density at radius 3 is 2.58 bits per heavy atom. The highest BCUT2D eigenvalue weighted by atomic mass is 127. The molecule has 1 N–H and O–H groups in total. The third kappa shape index (κ3) is 4.27. The number of nitrogens with one attached hydrogen (secondary N) is 1. The molecule has 2 aromatic carbocycles. The van der Waals surface area contributed by atoms with Crippen molar-refractivity contribution in [2.24, 2.45) is 4.99 Å². The number of amidine groups is 1. The molecule has 5 heteroatoms. The smallest absolute Gasteiger partial charge is 0.264 e. The third-order valence-corrected chi connectivity index (χ3v) is 5.17. The molecule has 0 aliphatic carbocycles. The lowest BCUT2D eigenvalue weighted by atomic mass is 10.0. The average molecular weight is 448 g/mol. The molecule has 2 aromatic rings. The Kier molecular flexibility index (Phi) is 5.40. The van der Waals surface area contributed by atoms with Crippen molar-refractivity contribution in [1.29, 1.82) is 0 Å². The van der Waals surface area contributed by atoms with Gasteiger partial charge in [0.15, 0.2) is 5.17 Å². The van der Waals surface area contributed by atoms with E-state index >= 15 is 0 Å². The molecule has 3 rings (SSSR count). The van der Waals surface area contributed by atoms with Gasteiger partial charge in [-0.25, -0.2) is 4.99 Å². The normalized spacial score (nSPS) is 17.8. The molecule has 24 heavy (non-hydrogen) atoms. The standard InChI is InChI=1S/C19H17IN2OS/c1-12(2)14-8-6-13(7-9-14)10-17-18(23)22-19(24-17)21-16-5-3-4-15(20)11-16/h3-12H,1-2H3,(H,21,22,23)/b17-10+. The highest BCUT2D eigenvalue weighted by Gasteiger charge is 2.23. The first kappa shape index (κ1) is 17.2. The summed E-state index contributed by atoms with van der Waals surface area (Å²) in [5.74, 6) is 0.403. The maximum atomic E-state index is 12.1. The molecular weight excluding hydrogens is 431 g/mol. The summed E-state index contributed by atoms with van der Waals surface area (Å²) in [6.07, 6.45) is 1.90. The zero-order valence-corrected chi connectivity index (χ0v) is 16.4. The van der Waals surface area contributed by atoms with Crippen molar-refractivity contribution in [1.82, 2.24) is 5.32 Å². The van der Waals surface area contributed by atoms with Gasteiger partial charge < -0.3 is 5.32 Å². The second kappa shape index (κ2) is 7.53. The Bertz CT molecular complexity index is 826. The number of thioether (sulfide) groups is 1. The van der Waals surface area contributed by atoms with Crippen LogP contribution < -0.4 is 5.32 Å². The molecule has 1 heterocycles. The molecule has 0 spiro atoms. The number of hydrogen-bond donors (Lipinski definition) is 1. The zero-order chi connectivity index (χ0) is 17.1. The molecule has 122 valence electrons. The lowest BCUT2D eigenvalue weighted by Gasteiger charge is -2.04. The first-order valence-corrected chi connectivity index (χ1v) is 9.56. The molecule has 0 aromatic heterocycles. The average Bonchev–Trinajstić information content (AvgIpc) is 2.87. The van der Waals surface area contributed by atoms with Gasteiger partial charge in [0, 0.05) is 3.57 Å². The van der Waals surface area contributed by atoms with E-state index in [-0.39, 0.29) is 5.91 Å². The van der Waals surface area contributed by atoms with Crippen LogP contribution in [0.1, 0.15) is 30.9 Å². The van der Waals surface area contributed by atoms with Crippen molar-refractivity contribution in [3.63, 3.8) is 0 Å². The molecule has 1 aliphatic rings. The van der Waals surface area contributed by atoms with Crippen LogP contribution in [0.15, 0.2) is 58.4 Å². The van der Waals surface area contributed by atoms with Crippen LogP contribution in [0, 0.1) is 3.57 Å². The van der Waals surface area contributed by atoms with Gasteiger partial charge in [-0.15, -0.1) is 0 Å². The maximum Gasteiger partial charge on any atom is 0.264 e. The molecule has 1 saturated heterocycles. The van der Waals surface area contributed by atoms with Crippen molar-refractivity contribution in [3.8, 4) is 0 Å². The summed E-state index contributed by atoms with van der Waals surface area (Å²) in [5.41, 5.74) is 3.15. The third-order valence-electron chi connectivity index (χ3n) is 3.59. The van der Waals surface area contributed by atoms with E-state index in [9.17, 15) is 4.79 Å². The van der Waals surface area contributed by atoms with Gasteiger partial charge in [-0.3, -0.25) is 4.79 Å². The molecule has 1 aliphatic heterocycles. The van der Waals surface area contributed by atoms with Gasteiger partial charge in [-0.2, -0.15) is 0 Å². The summed E-state index contributed by atoms with van der Waals surface area (Å²) >= 11 is 3.62. The Balaban J connectivity index is 1.79. The number of amides is 1. The lowest BCUT2D eigenvalue weighted by Crippen LogP contribution is -2.19. The summed E-state index contributed by atoms with van der Waals surface area (Å²) in [6, 6.07) is 16.2. The van der Waals surface area contributed by atoms with Gasteiger partial charge in [0.25, 0.3) is 5.91 Å². The molecule has 0 unspecified atom stereocenters. The number of aliphatic imine (C=N–C) groups is 1. The van der Waals surface area contributed by atoms with Crippen LogP contribution in [0.5, 0.6) is 0 Å². The highest BCUT2D eigenvalue weighted by Crippen LogP contribution is 2.28. The van der Waals surface area contributed by atoms with Crippen LogP contribution in [-0.4, -0.2) is 11.1 Å². The lowest BCUT2D eigenvalue weighted by molar-refractivity contribution is -0.115. The molecule has 0 atom stereocenters. The van der Waals surface area contributed by atoms with Crippen molar-refractivity contribution >= 4 is 57.2 Å². The predicted octanol–water partition coefficient (Wildman–Crippen LogP) is 5.31. The minimum Gasteiger partial charge on any atom is -0.300 e. The monoisotopic (exact) mass is 448 g/mol. The van der Waals surface area contributed by atoms with Crippen molar-refractivity contribution < 1.29 is 4.79 Å². The fourth-order valence-corrected chi connectivity index (χ4v) is 3.64. The molecule has 0 saturated carbocycles. The van der Waals surface area contributed by atoms with Gasteiger partial charge in [-0.1, -0.05) is 44.2 Å². The number of benzene rings is 2. The first-order valence-electron chi connectivity index (χ1n) is 7.66. The Morgan fingerprint density at radius 1 is 1.17 bits per heavy atom. The Hall–Kier alpha value is -1.60. The minimum absolute atomic E-state index is 0.0997. The van der Waals surface area contributed by atoms with Crippen molar-refractivity contribution in [2.45, 2.75) is 19.8 Å². The van der Waals surface area contributed by atoms with E-state index < -0.39 is 0 Å². The highest BCUT2D eigenvalue weighted by molar-refractivity contribution is 14.1. The number of halogens is 1. The first-order chi connectivity index (χ1) is 11.5. The van der Waals surface area contributed by atoms with Crippen LogP contribution >= 0.6 is 34.4 Å². The molecular formula is C19H17IN2OS. The van der Waals surface area contributed by atoms with Crippen LogP contribution in [0.25, 0.3) is 6.08 Å². The van der Waals surface area contributed by atoms with Crippen LogP contribution in [0.3, 0.4) is 0 Å². The van der Waals surface area contributed by atoms with Gasteiger partial charge in [0.05, 0.1) is 10.6 Å². The van der Waals surface area contributed by atoms with E-state index in [1.54, 1.807) is 0 Å². The Morgan fingerprint density at radius 2 is 1.92 bits per heavy atom. The number of carbonyl (C=O) groups is 1. The summed E-state index contributed by atoms with van der Waals surface area (Å²) in [5, 5.41) is 3.44. The van der Waals surface area contributed by atoms with Gasteiger partial charge in [-0.05, 0) is 75.7 Å². The van der Waals surface area contributed by atoms with E-state index in [1.165, 1.54) is 17.3 Å². The van der Waals surface area contributed by atoms with Crippen LogP contribution in [0.4, 0.5) is 5.69 Å². The van der Waals surface area contributed by atoms with Crippen LogP contribution in [-0.2, 0) is 4.79 Å². The second-order valence-corrected chi connectivity index (χ2v) is 8.06. The molecule has 0 bridgehead atoms. The topological polar surface area (TPSA) is 41.5 Å². The summed E-state index contributed by atoms with van der Waals surface area (Å²) in [7, 11) is 0. The molecule has 0 radical (unpaired) electrons. The summed E-state index contributed by atoms with van der Waals surface area (Å²) < 4.78 is 1.12. The fraction of sp³-hybridized carbons (Fsp3) is 0.158. The van der Waals surface area contributed by atoms with Gasteiger partial charge in [0.1, 0.15) is 0 Å². The van der Waals surface area contributed by atoms with Gasteiger partial charge in [0.2, 0.25) is 0 Å². The van der Waals surface area contributed by atoms with Crippen molar-refractivity contribution in [3.05, 3.63) is 68.1 Å². The van der Waals surface area contributed by atoms with E-state index in [1.807, 2.05) is 42.5 Å². The second-order valence-electron chi connectivity index (χ2n) is 5.78.